The molecule has 0 aromatic carbocycles. The molecule has 5 heteroatoms. The first-order chi connectivity index (χ1) is 8.74. The minimum absolute atomic E-state index is 0.0278. The second kappa shape index (κ2) is 8.38. The molecule has 2 heterocycles. The highest BCUT2D eigenvalue weighted by Gasteiger charge is 2.08. The third-order valence-electron chi connectivity index (χ3n) is 2.10. The van der Waals surface area contributed by atoms with E-state index in [1.54, 1.807) is 30.8 Å². The van der Waals surface area contributed by atoms with Crippen molar-refractivity contribution in [2.24, 2.45) is 0 Å². The van der Waals surface area contributed by atoms with Crippen molar-refractivity contribution in [2.45, 2.75) is 6.42 Å². The molecule has 0 aliphatic heterocycles. The van der Waals surface area contributed by atoms with Gasteiger partial charge in [-0.05, 0) is 23.6 Å². The number of likely N-dealkylation sites (N-methyl/N-ethyl adjacent to an activating group) is 1. The molecule has 2 rings (SSSR count). The number of aromatic nitrogens is 1. The first-order valence-corrected chi connectivity index (χ1v) is 6.30. The van der Waals surface area contributed by atoms with Crippen molar-refractivity contribution in [2.75, 3.05) is 14.2 Å². The lowest BCUT2D eigenvalue weighted by molar-refractivity contribution is -0.167. The Balaban J connectivity index is 0.000000225. The van der Waals surface area contributed by atoms with E-state index in [9.17, 15) is 4.79 Å². The largest absolute Gasteiger partial charge is 0.275 e. The molecule has 0 unspecified atom stereocenters. The van der Waals surface area contributed by atoms with Crippen molar-refractivity contribution in [3.8, 4) is 0 Å². The average molecular weight is 264 g/mol. The van der Waals surface area contributed by atoms with Crippen LogP contribution in [0.3, 0.4) is 0 Å². The van der Waals surface area contributed by atoms with E-state index < -0.39 is 0 Å². The lowest BCUT2D eigenvalue weighted by Gasteiger charge is -2.12. The molecule has 0 aliphatic carbocycles. The monoisotopic (exact) mass is 264 g/mol. The lowest BCUT2D eigenvalue weighted by Crippen LogP contribution is -2.26. The van der Waals surface area contributed by atoms with E-state index in [1.807, 2.05) is 35.7 Å². The summed E-state index contributed by atoms with van der Waals surface area (Å²) in [6.45, 7) is 0. The van der Waals surface area contributed by atoms with Crippen LogP contribution in [0, 0.1) is 0 Å². The second-order valence-corrected chi connectivity index (χ2v) is 4.39. The molecular formula is C13H16N2O2S. The summed E-state index contributed by atoms with van der Waals surface area (Å²) in [5.74, 6) is -0.0278. The zero-order chi connectivity index (χ0) is 13.2. The van der Waals surface area contributed by atoms with Crippen molar-refractivity contribution in [3.63, 3.8) is 0 Å². The third kappa shape index (κ3) is 5.56. The van der Waals surface area contributed by atoms with Crippen LogP contribution >= 0.6 is 11.3 Å². The Labute approximate surface area is 111 Å². The minimum Gasteiger partial charge on any atom is -0.275 e. The summed E-state index contributed by atoms with van der Waals surface area (Å²) < 4.78 is 0. The number of carbonyl (C=O) groups excluding carboxylic acids is 1. The van der Waals surface area contributed by atoms with Gasteiger partial charge in [-0.3, -0.25) is 14.6 Å². The normalized spacial score (nSPS) is 9.22. The summed E-state index contributed by atoms with van der Waals surface area (Å²) in [7, 11) is 3.09. The van der Waals surface area contributed by atoms with Crippen LogP contribution < -0.4 is 0 Å². The van der Waals surface area contributed by atoms with E-state index in [0.29, 0.717) is 6.42 Å². The molecular weight excluding hydrogens is 248 g/mol. The fraction of sp³-hybridized carbons (Fsp3) is 0.231. The molecule has 0 saturated carbocycles. The van der Waals surface area contributed by atoms with Crippen molar-refractivity contribution in [1.29, 1.82) is 0 Å². The summed E-state index contributed by atoms with van der Waals surface area (Å²) in [5.41, 5.74) is 0. The Bertz CT molecular complexity index is 405. The van der Waals surface area contributed by atoms with Crippen molar-refractivity contribution in [1.82, 2.24) is 10.0 Å². The van der Waals surface area contributed by atoms with E-state index in [4.69, 9.17) is 4.84 Å². The molecule has 2 aromatic rings. The van der Waals surface area contributed by atoms with Gasteiger partial charge in [0, 0.05) is 24.3 Å². The second-order valence-electron chi connectivity index (χ2n) is 3.35. The van der Waals surface area contributed by atoms with Gasteiger partial charge in [0.05, 0.1) is 13.5 Å². The van der Waals surface area contributed by atoms with Gasteiger partial charge in [0.1, 0.15) is 0 Å². The molecule has 0 saturated heterocycles. The van der Waals surface area contributed by atoms with Crippen LogP contribution in [0.15, 0.2) is 48.1 Å². The molecule has 0 aliphatic rings. The molecule has 4 nitrogen and oxygen atoms in total. The minimum atomic E-state index is -0.0278. The molecule has 2 aromatic heterocycles. The van der Waals surface area contributed by atoms with Crippen molar-refractivity contribution >= 4 is 17.2 Å². The van der Waals surface area contributed by atoms with Crippen LogP contribution in [-0.4, -0.2) is 30.1 Å². The van der Waals surface area contributed by atoms with E-state index in [-0.39, 0.29) is 5.91 Å². The number of hydrogen-bond donors (Lipinski definition) is 0. The summed E-state index contributed by atoms with van der Waals surface area (Å²) in [4.78, 5) is 20.8. The van der Waals surface area contributed by atoms with Gasteiger partial charge in [-0.25, -0.2) is 5.06 Å². The molecule has 1 amide bonds. The number of pyridine rings is 1. The zero-order valence-corrected chi connectivity index (χ0v) is 11.3. The van der Waals surface area contributed by atoms with Gasteiger partial charge in [0.25, 0.3) is 5.91 Å². The van der Waals surface area contributed by atoms with E-state index >= 15 is 0 Å². The highest BCUT2D eigenvalue weighted by Crippen LogP contribution is 2.09. The van der Waals surface area contributed by atoms with Crippen molar-refractivity contribution in [3.05, 3.63) is 53.0 Å². The van der Waals surface area contributed by atoms with Crippen molar-refractivity contribution < 1.29 is 9.63 Å². The number of rotatable bonds is 3. The summed E-state index contributed by atoms with van der Waals surface area (Å²) in [6, 6.07) is 9.58. The Morgan fingerprint density at radius 1 is 1.33 bits per heavy atom. The number of amides is 1. The van der Waals surface area contributed by atoms with E-state index in [2.05, 4.69) is 4.98 Å². The van der Waals surface area contributed by atoms with Gasteiger partial charge < -0.3 is 0 Å². The van der Waals surface area contributed by atoms with Crippen LogP contribution in [0.5, 0.6) is 0 Å². The number of nitrogens with zero attached hydrogens (tertiary/aromatic N) is 2. The molecule has 0 fully saturated rings. The summed E-state index contributed by atoms with van der Waals surface area (Å²) in [5, 5.41) is 3.19. The van der Waals surface area contributed by atoms with Crippen LogP contribution in [0.1, 0.15) is 4.88 Å². The molecule has 18 heavy (non-hydrogen) atoms. The van der Waals surface area contributed by atoms with Crippen LogP contribution in [0.25, 0.3) is 0 Å². The maximum atomic E-state index is 11.2. The van der Waals surface area contributed by atoms with Gasteiger partial charge in [-0.1, -0.05) is 12.1 Å². The van der Waals surface area contributed by atoms with E-state index in [1.165, 1.54) is 12.2 Å². The third-order valence-corrected chi connectivity index (χ3v) is 2.97. The summed E-state index contributed by atoms with van der Waals surface area (Å²) >= 11 is 1.58. The lowest BCUT2D eigenvalue weighted by atomic mass is 10.3. The predicted molar refractivity (Wildman–Crippen MR) is 72.0 cm³/mol. The molecule has 0 atom stereocenters. The van der Waals surface area contributed by atoms with Crippen LogP contribution in [-0.2, 0) is 16.1 Å². The zero-order valence-electron chi connectivity index (χ0n) is 10.4. The highest BCUT2D eigenvalue weighted by molar-refractivity contribution is 7.10. The molecule has 0 spiro atoms. The van der Waals surface area contributed by atoms with Gasteiger partial charge in [-0.2, -0.15) is 0 Å². The van der Waals surface area contributed by atoms with Gasteiger partial charge in [0.2, 0.25) is 0 Å². The predicted octanol–water partition coefficient (Wildman–Crippen LogP) is 2.39. The average Bonchev–Trinajstić information content (AvgIpc) is 2.93. The molecule has 0 bridgehead atoms. The van der Waals surface area contributed by atoms with Gasteiger partial charge >= 0.3 is 0 Å². The Morgan fingerprint density at radius 2 is 2.06 bits per heavy atom. The molecule has 0 N–H and O–H groups in total. The van der Waals surface area contributed by atoms with Crippen LogP contribution in [0.2, 0.25) is 0 Å². The Kier molecular flexibility index (Phi) is 6.68. The quantitative estimate of drug-likeness (QED) is 0.799. The first kappa shape index (κ1) is 14.3. The number of thiophene rings is 1. The summed E-state index contributed by atoms with van der Waals surface area (Å²) in [6.07, 6.45) is 3.92. The number of hydrogen-bond acceptors (Lipinski definition) is 4. The van der Waals surface area contributed by atoms with Gasteiger partial charge in [0.15, 0.2) is 0 Å². The first-order valence-electron chi connectivity index (χ1n) is 5.42. The highest BCUT2D eigenvalue weighted by atomic mass is 32.1. The topological polar surface area (TPSA) is 42.4 Å². The molecule has 0 radical (unpaired) electrons. The van der Waals surface area contributed by atoms with Gasteiger partial charge in [-0.15, -0.1) is 11.3 Å². The SMILES string of the molecule is CON(C)C(=O)Cc1cccs1.c1ccncc1. The fourth-order valence-corrected chi connectivity index (χ4v) is 1.78. The van der Waals surface area contributed by atoms with Crippen LogP contribution in [0.4, 0.5) is 0 Å². The number of hydroxylamine groups is 2. The Morgan fingerprint density at radius 3 is 2.44 bits per heavy atom. The maximum Gasteiger partial charge on any atom is 0.251 e. The van der Waals surface area contributed by atoms with E-state index in [0.717, 1.165) is 4.88 Å². The number of carbonyl (C=O) groups is 1. The Hall–Kier alpha value is -1.72. The smallest absolute Gasteiger partial charge is 0.251 e. The maximum absolute atomic E-state index is 11.2. The fourth-order valence-electron chi connectivity index (χ4n) is 1.09. The standard InChI is InChI=1S/C8H11NO2S.C5H5N/c1-9(11-2)8(10)6-7-4-3-5-12-7;1-2-4-6-5-3-1/h3-5H,6H2,1-2H3;1-5H. The molecule has 96 valence electrons.